The van der Waals surface area contributed by atoms with E-state index >= 15 is 0 Å². The zero-order chi connectivity index (χ0) is 44.2. The van der Waals surface area contributed by atoms with Gasteiger partial charge in [0.05, 0.1) is 6.61 Å². The van der Waals surface area contributed by atoms with E-state index in [1.54, 1.807) is 0 Å². The van der Waals surface area contributed by atoms with Gasteiger partial charge in [-0.25, -0.2) is 0 Å². The van der Waals surface area contributed by atoms with Gasteiger partial charge in [0.1, 0.15) is 6.61 Å². The van der Waals surface area contributed by atoms with Gasteiger partial charge in [-0.15, -0.1) is 0 Å². The van der Waals surface area contributed by atoms with Crippen LogP contribution in [0.2, 0.25) is 0 Å². The topological polar surface area (TPSA) is 72.8 Å². The van der Waals surface area contributed by atoms with Crippen LogP contribution in [0.1, 0.15) is 290 Å². The van der Waals surface area contributed by atoms with Crippen LogP contribution < -0.4 is 0 Å². The first-order chi connectivity index (χ1) is 30.1. The Hall–Kier alpha value is -1.88. The first-order valence-corrected chi connectivity index (χ1v) is 27.0. The minimum Gasteiger partial charge on any atom is -0.462 e. The van der Waals surface area contributed by atoms with Gasteiger partial charge in [0, 0.05) is 12.8 Å². The lowest BCUT2D eigenvalue weighted by molar-refractivity contribution is -0.161. The molecule has 5 nitrogen and oxygen atoms in total. The molecule has 0 aliphatic rings. The van der Waals surface area contributed by atoms with E-state index in [1.165, 1.54) is 218 Å². The number of ether oxygens (including phenoxy) is 2. The summed E-state index contributed by atoms with van der Waals surface area (Å²) in [5.41, 5.74) is 0. The van der Waals surface area contributed by atoms with Crippen LogP contribution >= 0.6 is 0 Å². The van der Waals surface area contributed by atoms with Crippen LogP contribution in [0.5, 0.6) is 0 Å². The summed E-state index contributed by atoms with van der Waals surface area (Å²) < 4.78 is 10.7. The SMILES string of the molecule is CCCCCCC/C=C\C/C=C\C/C=C\CCCCCCCCCCCCCCCCCCC(=O)OC(CO)COC(=O)CCCCCCCCCCCCCCCCCC. The second kappa shape index (κ2) is 52.5. The molecule has 358 valence electrons. The van der Waals surface area contributed by atoms with Crippen molar-refractivity contribution in [3.8, 4) is 0 Å². The van der Waals surface area contributed by atoms with Crippen LogP contribution in [-0.4, -0.2) is 36.4 Å². The zero-order valence-electron chi connectivity index (χ0n) is 40.9. The number of rotatable bonds is 50. The molecule has 1 atom stereocenters. The first kappa shape index (κ1) is 59.1. The lowest BCUT2D eigenvalue weighted by Crippen LogP contribution is -2.28. The second-order valence-corrected chi connectivity index (χ2v) is 18.3. The molecule has 0 radical (unpaired) electrons. The number of hydrogen-bond donors (Lipinski definition) is 1. The molecule has 61 heavy (non-hydrogen) atoms. The minimum atomic E-state index is -0.768. The fraction of sp³-hybridized carbons (Fsp3) is 0.857. The molecule has 0 aliphatic carbocycles. The summed E-state index contributed by atoms with van der Waals surface area (Å²) in [5.74, 6) is -0.575. The summed E-state index contributed by atoms with van der Waals surface area (Å²) in [6.07, 6.45) is 66.8. The highest BCUT2D eigenvalue weighted by Gasteiger charge is 2.16. The smallest absolute Gasteiger partial charge is 0.306 e. The summed E-state index contributed by atoms with van der Waals surface area (Å²) in [4.78, 5) is 24.4. The molecule has 0 saturated heterocycles. The maximum atomic E-state index is 12.3. The summed E-state index contributed by atoms with van der Waals surface area (Å²) in [6.45, 7) is 4.16. The molecule has 0 aromatic heterocycles. The molecule has 0 heterocycles. The molecule has 0 fully saturated rings. The Bertz CT molecular complexity index is 970. The van der Waals surface area contributed by atoms with E-state index < -0.39 is 6.10 Å². The van der Waals surface area contributed by atoms with Crippen LogP contribution in [0.15, 0.2) is 36.5 Å². The number of carbonyl (C=O) groups excluding carboxylic acids is 2. The van der Waals surface area contributed by atoms with Gasteiger partial charge in [-0.3, -0.25) is 9.59 Å². The molecule has 1 N–H and O–H groups in total. The van der Waals surface area contributed by atoms with E-state index in [2.05, 4.69) is 50.3 Å². The largest absolute Gasteiger partial charge is 0.462 e. The van der Waals surface area contributed by atoms with Crippen molar-refractivity contribution >= 4 is 11.9 Å². The highest BCUT2D eigenvalue weighted by Crippen LogP contribution is 2.17. The Kier molecular flexibility index (Phi) is 50.8. The van der Waals surface area contributed by atoms with Crippen molar-refractivity contribution in [2.24, 2.45) is 0 Å². The third kappa shape index (κ3) is 50.6. The summed E-state index contributed by atoms with van der Waals surface area (Å²) in [5, 5.41) is 9.63. The van der Waals surface area contributed by atoms with Gasteiger partial charge >= 0.3 is 11.9 Å². The molecule has 0 aromatic carbocycles. The van der Waals surface area contributed by atoms with Gasteiger partial charge in [-0.05, 0) is 51.4 Å². The third-order valence-corrected chi connectivity index (χ3v) is 12.2. The number of aliphatic hydroxyl groups is 1. The molecular formula is C56H104O5. The molecule has 0 spiro atoms. The van der Waals surface area contributed by atoms with Crippen molar-refractivity contribution in [1.29, 1.82) is 0 Å². The Labute approximate surface area is 380 Å². The summed E-state index contributed by atoms with van der Waals surface area (Å²) in [7, 11) is 0. The Morgan fingerprint density at radius 1 is 0.377 bits per heavy atom. The second-order valence-electron chi connectivity index (χ2n) is 18.3. The number of carbonyl (C=O) groups is 2. The van der Waals surface area contributed by atoms with Crippen molar-refractivity contribution in [3.63, 3.8) is 0 Å². The van der Waals surface area contributed by atoms with Crippen molar-refractivity contribution in [1.82, 2.24) is 0 Å². The molecule has 0 aromatic rings. The van der Waals surface area contributed by atoms with Crippen molar-refractivity contribution in [2.45, 2.75) is 296 Å². The van der Waals surface area contributed by atoms with Crippen molar-refractivity contribution < 1.29 is 24.2 Å². The van der Waals surface area contributed by atoms with Crippen LogP contribution in [-0.2, 0) is 19.1 Å². The van der Waals surface area contributed by atoms with Crippen molar-refractivity contribution in [3.05, 3.63) is 36.5 Å². The maximum absolute atomic E-state index is 12.3. The Morgan fingerprint density at radius 3 is 0.984 bits per heavy atom. The third-order valence-electron chi connectivity index (χ3n) is 12.2. The average molecular weight is 857 g/mol. The summed E-state index contributed by atoms with van der Waals surface area (Å²) >= 11 is 0. The van der Waals surface area contributed by atoms with Gasteiger partial charge in [0.2, 0.25) is 0 Å². The normalized spacial score (nSPS) is 12.4. The Balaban J connectivity index is 3.44. The van der Waals surface area contributed by atoms with Gasteiger partial charge < -0.3 is 14.6 Å². The molecule has 0 rings (SSSR count). The predicted octanol–water partition coefficient (Wildman–Crippen LogP) is 17.9. The van der Waals surface area contributed by atoms with E-state index in [0.29, 0.717) is 12.8 Å². The molecule has 1 unspecified atom stereocenters. The quantitative estimate of drug-likeness (QED) is 0.0375. The van der Waals surface area contributed by atoms with E-state index in [1.807, 2.05) is 0 Å². The van der Waals surface area contributed by atoms with Gasteiger partial charge in [0.15, 0.2) is 6.10 Å². The first-order valence-electron chi connectivity index (χ1n) is 27.0. The van der Waals surface area contributed by atoms with Crippen LogP contribution in [0.4, 0.5) is 0 Å². The standard InChI is InChI=1S/C56H104O5/c1-3-5-7-9-11-13-15-17-19-21-22-23-24-25-26-27-28-29-30-31-32-33-34-35-37-39-41-43-45-47-49-51-56(59)61-54(52-57)53-60-55(58)50-48-46-44-42-40-38-36-20-18-16-14-12-10-8-6-4-2/h15,17,21-22,24-25,54,57H,3-14,16,18-20,23,26-53H2,1-2H3/b17-15-,22-21-,25-24-. The molecule has 0 bridgehead atoms. The van der Waals surface area contributed by atoms with E-state index in [-0.39, 0.29) is 25.2 Å². The summed E-state index contributed by atoms with van der Waals surface area (Å²) in [6, 6.07) is 0. The number of aliphatic hydroxyl groups excluding tert-OH is 1. The van der Waals surface area contributed by atoms with Crippen molar-refractivity contribution in [2.75, 3.05) is 13.2 Å². The van der Waals surface area contributed by atoms with Crippen LogP contribution in [0.3, 0.4) is 0 Å². The number of allylic oxidation sites excluding steroid dienone is 6. The van der Waals surface area contributed by atoms with Crippen LogP contribution in [0, 0.1) is 0 Å². The molecule has 0 saturated carbocycles. The van der Waals surface area contributed by atoms with E-state index in [4.69, 9.17) is 9.47 Å². The Morgan fingerprint density at radius 2 is 0.656 bits per heavy atom. The average Bonchev–Trinajstić information content (AvgIpc) is 3.26. The highest BCUT2D eigenvalue weighted by molar-refractivity contribution is 5.70. The lowest BCUT2D eigenvalue weighted by atomic mass is 10.0. The predicted molar refractivity (Wildman–Crippen MR) is 265 cm³/mol. The molecule has 0 amide bonds. The number of unbranched alkanes of at least 4 members (excludes halogenated alkanes) is 36. The van der Waals surface area contributed by atoms with E-state index in [0.717, 1.165) is 44.9 Å². The minimum absolute atomic E-state index is 0.0604. The van der Waals surface area contributed by atoms with E-state index in [9.17, 15) is 14.7 Å². The fourth-order valence-electron chi connectivity index (χ4n) is 8.09. The number of esters is 2. The molecule has 5 heteroatoms. The van der Waals surface area contributed by atoms with Crippen LogP contribution in [0.25, 0.3) is 0 Å². The fourth-order valence-corrected chi connectivity index (χ4v) is 8.09. The molecule has 0 aliphatic heterocycles. The van der Waals surface area contributed by atoms with Gasteiger partial charge in [0.25, 0.3) is 0 Å². The maximum Gasteiger partial charge on any atom is 0.306 e. The monoisotopic (exact) mass is 857 g/mol. The number of hydrogen-bond acceptors (Lipinski definition) is 5. The lowest BCUT2D eigenvalue weighted by Gasteiger charge is -2.15. The van der Waals surface area contributed by atoms with Gasteiger partial charge in [-0.2, -0.15) is 0 Å². The molecular weight excluding hydrogens is 753 g/mol. The highest BCUT2D eigenvalue weighted by atomic mass is 16.6. The van der Waals surface area contributed by atoms with Gasteiger partial charge in [-0.1, -0.05) is 262 Å². The zero-order valence-corrected chi connectivity index (χ0v) is 40.9.